The van der Waals surface area contributed by atoms with Crippen LogP contribution in [0, 0.1) is 0 Å². The van der Waals surface area contributed by atoms with Crippen LogP contribution in [0.15, 0.2) is 6.20 Å². The fraction of sp³-hybridized carbons (Fsp3) is 0.636. The van der Waals surface area contributed by atoms with E-state index in [1.807, 2.05) is 32.8 Å². The largest absolute Gasteiger partial charge is 0.478 e. The molecule has 0 amide bonds. The second-order valence-electron chi connectivity index (χ2n) is 4.43. The highest BCUT2D eigenvalue weighted by atomic mass is 16.4. The lowest BCUT2D eigenvalue weighted by Gasteiger charge is -2.14. The number of hydrogen-bond acceptors (Lipinski definition) is 3. The van der Waals surface area contributed by atoms with Crippen molar-refractivity contribution >= 4 is 5.97 Å². The Kier molecular flexibility index (Phi) is 4.06. The predicted molar refractivity (Wildman–Crippen MR) is 61.8 cm³/mol. The van der Waals surface area contributed by atoms with E-state index in [1.165, 1.54) is 6.20 Å². The number of rotatable bonds is 5. The Hall–Kier alpha value is -1.36. The molecular formula is C11H19N3O2. The lowest BCUT2D eigenvalue weighted by Crippen LogP contribution is -2.21. The lowest BCUT2D eigenvalue weighted by molar-refractivity contribution is 0.0695. The van der Waals surface area contributed by atoms with Crippen molar-refractivity contribution < 1.29 is 9.90 Å². The van der Waals surface area contributed by atoms with Crippen LogP contribution >= 0.6 is 0 Å². The van der Waals surface area contributed by atoms with Gasteiger partial charge in [0.25, 0.3) is 0 Å². The molecule has 0 bridgehead atoms. The number of hydrogen-bond donors (Lipinski definition) is 1. The summed E-state index contributed by atoms with van der Waals surface area (Å²) in [4.78, 5) is 13.1. The van der Waals surface area contributed by atoms with E-state index in [0.29, 0.717) is 12.1 Å². The highest BCUT2D eigenvalue weighted by molar-refractivity contribution is 5.88. The topological polar surface area (TPSA) is 58.4 Å². The summed E-state index contributed by atoms with van der Waals surface area (Å²) in [7, 11) is 3.97. The minimum absolute atomic E-state index is 0.163. The van der Waals surface area contributed by atoms with Crippen LogP contribution in [0.4, 0.5) is 0 Å². The van der Waals surface area contributed by atoms with E-state index in [4.69, 9.17) is 5.11 Å². The molecule has 0 atom stereocenters. The third-order valence-electron chi connectivity index (χ3n) is 2.42. The van der Waals surface area contributed by atoms with E-state index in [1.54, 1.807) is 4.68 Å². The number of carboxylic acids is 1. The number of likely N-dealkylation sites (N-methyl/N-ethyl adjacent to an activating group) is 1. The van der Waals surface area contributed by atoms with Crippen molar-refractivity contribution in [3.8, 4) is 0 Å². The molecular weight excluding hydrogens is 206 g/mol. The SMILES string of the molecule is CC(C)c1c(C(=O)O)cnn1CCN(C)C. The number of nitrogens with zero attached hydrogens (tertiary/aromatic N) is 3. The summed E-state index contributed by atoms with van der Waals surface area (Å²) in [5, 5.41) is 13.2. The minimum Gasteiger partial charge on any atom is -0.478 e. The van der Waals surface area contributed by atoms with Crippen LogP contribution in [0.3, 0.4) is 0 Å². The van der Waals surface area contributed by atoms with Gasteiger partial charge in [-0.2, -0.15) is 5.10 Å². The number of carboxylic acid groups (broad SMARTS) is 1. The molecule has 0 unspecified atom stereocenters. The molecule has 0 spiro atoms. The second-order valence-corrected chi connectivity index (χ2v) is 4.43. The van der Waals surface area contributed by atoms with E-state index < -0.39 is 5.97 Å². The van der Waals surface area contributed by atoms with Gasteiger partial charge in [0.05, 0.1) is 18.4 Å². The minimum atomic E-state index is -0.903. The van der Waals surface area contributed by atoms with E-state index in [-0.39, 0.29) is 5.92 Å². The summed E-state index contributed by atoms with van der Waals surface area (Å²) in [5.74, 6) is -0.740. The van der Waals surface area contributed by atoms with Gasteiger partial charge in [-0.05, 0) is 20.0 Å². The van der Waals surface area contributed by atoms with Gasteiger partial charge in [0.1, 0.15) is 5.56 Å². The molecule has 1 aromatic heterocycles. The molecule has 0 aliphatic heterocycles. The molecule has 0 saturated carbocycles. The summed E-state index contributed by atoms with van der Waals surface area (Å²) in [6.07, 6.45) is 1.44. The molecule has 1 heterocycles. The molecule has 0 aromatic carbocycles. The summed E-state index contributed by atoms with van der Waals surface area (Å²) in [5.41, 5.74) is 1.11. The average Bonchev–Trinajstić information content (AvgIpc) is 2.57. The summed E-state index contributed by atoms with van der Waals surface area (Å²) in [6.45, 7) is 5.53. The Balaban J connectivity index is 2.96. The van der Waals surface area contributed by atoms with Gasteiger partial charge in [-0.15, -0.1) is 0 Å². The van der Waals surface area contributed by atoms with E-state index in [9.17, 15) is 4.79 Å². The Morgan fingerprint density at radius 2 is 2.19 bits per heavy atom. The van der Waals surface area contributed by atoms with Gasteiger partial charge in [-0.25, -0.2) is 4.79 Å². The van der Waals surface area contributed by atoms with Crippen molar-refractivity contribution in [2.75, 3.05) is 20.6 Å². The van der Waals surface area contributed by atoms with Gasteiger partial charge in [-0.1, -0.05) is 13.8 Å². The average molecular weight is 225 g/mol. The molecule has 90 valence electrons. The second kappa shape index (κ2) is 5.12. The first kappa shape index (κ1) is 12.7. The van der Waals surface area contributed by atoms with E-state index >= 15 is 0 Å². The van der Waals surface area contributed by atoms with E-state index in [2.05, 4.69) is 5.10 Å². The Labute approximate surface area is 95.7 Å². The summed E-state index contributed by atoms with van der Waals surface area (Å²) in [6, 6.07) is 0. The maximum atomic E-state index is 11.0. The molecule has 0 aliphatic carbocycles. The third kappa shape index (κ3) is 2.82. The molecule has 0 fully saturated rings. The molecule has 1 rings (SSSR count). The highest BCUT2D eigenvalue weighted by Crippen LogP contribution is 2.19. The maximum absolute atomic E-state index is 11.0. The lowest BCUT2D eigenvalue weighted by atomic mass is 10.1. The number of carbonyl (C=O) groups is 1. The van der Waals surface area contributed by atoms with Crippen molar-refractivity contribution in [3.63, 3.8) is 0 Å². The molecule has 5 nitrogen and oxygen atoms in total. The molecule has 16 heavy (non-hydrogen) atoms. The van der Waals surface area contributed by atoms with Crippen molar-refractivity contribution in [3.05, 3.63) is 17.5 Å². The molecule has 0 radical (unpaired) electrons. The first-order valence-electron chi connectivity index (χ1n) is 5.37. The van der Waals surface area contributed by atoms with Crippen LogP contribution in [-0.4, -0.2) is 46.4 Å². The van der Waals surface area contributed by atoms with Crippen LogP contribution in [-0.2, 0) is 6.54 Å². The Morgan fingerprint density at radius 1 is 1.56 bits per heavy atom. The van der Waals surface area contributed by atoms with Gasteiger partial charge < -0.3 is 10.0 Å². The number of aromatic carboxylic acids is 1. The molecule has 0 saturated heterocycles. The fourth-order valence-electron chi connectivity index (χ4n) is 1.64. The van der Waals surface area contributed by atoms with Crippen LogP contribution in [0.1, 0.15) is 35.8 Å². The van der Waals surface area contributed by atoms with E-state index in [0.717, 1.165) is 12.2 Å². The van der Waals surface area contributed by atoms with Gasteiger partial charge >= 0.3 is 5.97 Å². The maximum Gasteiger partial charge on any atom is 0.339 e. The van der Waals surface area contributed by atoms with Crippen molar-refractivity contribution in [2.45, 2.75) is 26.3 Å². The smallest absolute Gasteiger partial charge is 0.339 e. The first-order valence-corrected chi connectivity index (χ1v) is 5.37. The Morgan fingerprint density at radius 3 is 2.62 bits per heavy atom. The fourth-order valence-corrected chi connectivity index (χ4v) is 1.64. The van der Waals surface area contributed by atoms with Crippen LogP contribution in [0.2, 0.25) is 0 Å². The highest BCUT2D eigenvalue weighted by Gasteiger charge is 2.18. The molecule has 5 heteroatoms. The molecule has 1 aromatic rings. The van der Waals surface area contributed by atoms with Gasteiger partial charge in [0.2, 0.25) is 0 Å². The van der Waals surface area contributed by atoms with Gasteiger partial charge in [-0.3, -0.25) is 4.68 Å². The van der Waals surface area contributed by atoms with Crippen LogP contribution in [0.25, 0.3) is 0 Å². The Bertz CT molecular complexity index is 369. The first-order chi connectivity index (χ1) is 7.43. The zero-order valence-corrected chi connectivity index (χ0v) is 10.3. The monoisotopic (exact) mass is 225 g/mol. The van der Waals surface area contributed by atoms with Crippen LogP contribution < -0.4 is 0 Å². The zero-order valence-electron chi connectivity index (χ0n) is 10.3. The standard InChI is InChI=1S/C11H19N3O2/c1-8(2)10-9(11(15)16)7-12-14(10)6-5-13(3)4/h7-8H,5-6H2,1-4H3,(H,15,16). The third-order valence-corrected chi connectivity index (χ3v) is 2.42. The predicted octanol–water partition coefficient (Wildman–Crippen LogP) is 1.27. The van der Waals surface area contributed by atoms with Crippen LogP contribution in [0.5, 0.6) is 0 Å². The van der Waals surface area contributed by atoms with Gasteiger partial charge in [0, 0.05) is 6.54 Å². The summed E-state index contributed by atoms with van der Waals surface area (Å²) < 4.78 is 1.79. The van der Waals surface area contributed by atoms with Crippen molar-refractivity contribution in [1.29, 1.82) is 0 Å². The van der Waals surface area contributed by atoms with Gasteiger partial charge in [0.15, 0.2) is 0 Å². The normalized spacial score (nSPS) is 11.4. The van der Waals surface area contributed by atoms with Crippen molar-refractivity contribution in [2.24, 2.45) is 0 Å². The summed E-state index contributed by atoms with van der Waals surface area (Å²) >= 11 is 0. The molecule has 0 aliphatic rings. The molecule has 1 N–H and O–H groups in total. The zero-order chi connectivity index (χ0) is 12.3. The number of aromatic nitrogens is 2. The van der Waals surface area contributed by atoms with Crippen molar-refractivity contribution in [1.82, 2.24) is 14.7 Å². The quantitative estimate of drug-likeness (QED) is 0.819.